The van der Waals surface area contributed by atoms with E-state index in [1.807, 2.05) is 43.3 Å². The summed E-state index contributed by atoms with van der Waals surface area (Å²) in [5, 5.41) is 3.04. The van der Waals surface area contributed by atoms with Gasteiger partial charge in [0.25, 0.3) is 0 Å². The standard InChI is InChI=1S/C17H16BrNO/c1-11-15(18)8-5-9-16(11)19-17(20)14-10-13(14)12-6-3-2-4-7-12/h2-9,13-14H,10H2,1H3,(H,19,20)/t13-,14+/m1/s1. The summed E-state index contributed by atoms with van der Waals surface area (Å²) in [6, 6.07) is 16.1. The van der Waals surface area contributed by atoms with Gasteiger partial charge in [0, 0.05) is 16.1 Å². The summed E-state index contributed by atoms with van der Waals surface area (Å²) in [6.45, 7) is 2.00. The van der Waals surface area contributed by atoms with E-state index >= 15 is 0 Å². The number of rotatable bonds is 3. The monoisotopic (exact) mass is 329 g/mol. The highest BCUT2D eigenvalue weighted by atomic mass is 79.9. The molecule has 0 aromatic heterocycles. The molecule has 0 spiro atoms. The summed E-state index contributed by atoms with van der Waals surface area (Å²) in [5.74, 6) is 0.611. The lowest BCUT2D eigenvalue weighted by Crippen LogP contribution is -2.15. The van der Waals surface area contributed by atoms with Crippen LogP contribution >= 0.6 is 15.9 Å². The molecule has 1 aliphatic carbocycles. The molecule has 102 valence electrons. The Balaban J connectivity index is 1.69. The first-order chi connectivity index (χ1) is 9.66. The molecule has 2 nitrogen and oxygen atoms in total. The maximum Gasteiger partial charge on any atom is 0.228 e. The van der Waals surface area contributed by atoms with Crippen molar-refractivity contribution < 1.29 is 4.79 Å². The molecule has 0 heterocycles. The smallest absolute Gasteiger partial charge is 0.228 e. The van der Waals surface area contributed by atoms with Gasteiger partial charge in [0.05, 0.1) is 0 Å². The van der Waals surface area contributed by atoms with Gasteiger partial charge < -0.3 is 5.32 Å². The van der Waals surface area contributed by atoms with E-state index < -0.39 is 0 Å². The number of nitrogens with one attached hydrogen (secondary N) is 1. The minimum Gasteiger partial charge on any atom is -0.326 e. The van der Waals surface area contributed by atoms with E-state index in [9.17, 15) is 4.79 Å². The zero-order valence-electron chi connectivity index (χ0n) is 11.3. The Labute approximate surface area is 127 Å². The van der Waals surface area contributed by atoms with Gasteiger partial charge in [0.15, 0.2) is 0 Å². The van der Waals surface area contributed by atoms with Crippen LogP contribution in [0.3, 0.4) is 0 Å². The molecule has 2 atom stereocenters. The normalized spacial score (nSPS) is 20.5. The van der Waals surface area contributed by atoms with E-state index in [1.165, 1.54) is 5.56 Å². The minimum absolute atomic E-state index is 0.107. The molecule has 1 amide bonds. The van der Waals surface area contributed by atoms with E-state index in [4.69, 9.17) is 0 Å². The van der Waals surface area contributed by atoms with Crippen LogP contribution in [-0.2, 0) is 4.79 Å². The average molecular weight is 330 g/mol. The van der Waals surface area contributed by atoms with E-state index in [1.54, 1.807) is 0 Å². The van der Waals surface area contributed by atoms with E-state index in [-0.39, 0.29) is 11.8 Å². The summed E-state index contributed by atoms with van der Waals surface area (Å²) in [5.41, 5.74) is 3.22. The molecule has 1 saturated carbocycles. The fraction of sp³-hybridized carbons (Fsp3) is 0.235. The zero-order valence-corrected chi connectivity index (χ0v) is 12.9. The van der Waals surface area contributed by atoms with Gasteiger partial charge in [-0.05, 0) is 42.5 Å². The maximum atomic E-state index is 12.3. The first-order valence-corrected chi connectivity index (χ1v) is 7.57. The van der Waals surface area contributed by atoms with Crippen molar-refractivity contribution in [2.45, 2.75) is 19.3 Å². The second-order valence-corrected chi connectivity index (χ2v) is 6.12. The molecule has 0 saturated heterocycles. The van der Waals surface area contributed by atoms with Crippen LogP contribution in [-0.4, -0.2) is 5.91 Å². The van der Waals surface area contributed by atoms with Crippen molar-refractivity contribution in [2.24, 2.45) is 5.92 Å². The van der Waals surface area contributed by atoms with Crippen LogP contribution in [0.1, 0.15) is 23.5 Å². The van der Waals surface area contributed by atoms with Crippen molar-refractivity contribution in [3.63, 3.8) is 0 Å². The third-order valence-corrected chi connectivity index (χ3v) is 4.74. The van der Waals surface area contributed by atoms with Crippen LogP contribution in [0.25, 0.3) is 0 Å². The van der Waals surface area contributed by atoms with Gasteiger partial charge in [-0.3, -0.25) is 4.79 Å². The summed E-state index contributed by atoms with van der Waals surface area (Å²) >= 11 is 3.49. The third kappa shape index (κ3) is 2.63. The molecule has 3 heteroatoms. The highest BCUT2D eigenvalue weighted by Gasteiger charge is 2.43. The van der Waals surface area contributed by atoms with Crippen LogP contribution in [0.2, 0.25) is 0 Å². The van der Waals surface area contributed by atoms with Crippen molar-refractivity contribution in [3.05, 3.63) is 64.1 Å². The Morgan fingerprint density at radius 3 is 2.65 bits per heavy atom. The number of anilines is 1. The molecule has 0 radical (unpaired) electrons. The van der Waals surface area contributed by atoms with Crippen molar-refractivity contribution in [3.8, 4) is 0 Å². The van der Waals surface area contributed by atoms with Crippen LogP contribution in [0, 0.1) is 12.8 Å². The molecular formula is C17H16BrNO. The van der Waals surface area contributed by atoms with Crippen LogP contribution in [0.5, 0.6) is 0 Å². The predicted molar refractivity (Wildman–Crippen MR) is 84.8 cm³/mol. The number of halogens is 1. The molecule has 3 rings (SSSR count). The van der Waals surface area contributed by atoms with Crippen molar-refractivity contribution >= 4 is 27.5 Å². The first-order valence-electron chi connectivity index (χ1n) is 6.77. The van der Waals surface area contributed by atoms with E-state index in [0.717, 1.165) is 22.1 Å². The van der Waals surface area contributed by atoms with Gasteiger partial charge in [0.1, 0.15) is 0 Å². The molecule has 2 aromatic carbocycles. The number of hydrogen-bond acceptors (Lipinski definition) is 1. The molecule has 1 aliphatic rings. The lowest BCUT2D eigenvalue weighted by Gasteiger charge is -2.09. The Morgan fingerprint density at radius 2 is 1.90 bits per heavy atom. The quantitative estimate of drug-likeness (QED) is 0.882. The largest absolute Gasteiger partial charge is 0.326 e. The van der Waals surface area contributed by atoms with Crippen LogP contribution < -0.4 is 5.32 Å². The average Bonchev–Trinajstić information content (AvgIpc) is 3.25. The van der Waals surface area contributed by atoms with E-state index in [2.05, 4.69) is 33.4 Å². The Morgan fingerprint density at radius 1 is 1.15 bits per heavy atom. The lowest BCUT2D eigenvalue weighted by molar-refractivity contribution is -0.117. The summed E-state index contributed by atoms with van der Waals surface area (Å²) < 4.78 is 1.02. The van der Waals surface area contributed by atoms with Gasteiger partial charge in [0.2, 0.25) is 5.91 Å². The number of carbonyl (C=O) groups excluding carboxylic acids is 1. The van der Waals surface area contributed by atoms with Gasteiger partial charge in [-0.15, -0.1) is 0 Å². The van der Waals surface area contributed by atoms with Crippen molar-refractivity contribution in [1.82, 2.24) is 0 Å². The molecular weight excluding hydrogens is 314 g/mol. The second-order valence-electron chi connectivity index (χ2n) is 5.26. The summed E-state index contributed by atoms with van der Waals surface area (Å²) in [4.78, 5) is 12.3. The fourth-order valence-electron chi connectivity index (χ4n) is 2.52. The molecule has 1 N–H and O–H groups in total. The molecule has 2 aromatic rings. The lowest BCUT2D eigenvalue weighted by atomic mass is 10.1. The Hall–Kier alpha value is -1.61. The van der Waals surface area contributed by atoms with Crippen molar-refractivity contribution in [2.75, 3.05) is 5.32 Å². The molecule has 0 unspecified atom stereocenters. The summed E-state index contributed by atoms with van der Waals surface area (Å²) in [6.07, 6.45) is 0.947. The van der Waals surface area contributed by atoms with Gasteiger partial charge in [-0.2, -0.15) is 0 Å². The summed E-state index contributed by atoms with van der Waals surface area (Å²) in [7, 11) is 0. The van der Waals surface area contributed by atoms with Crippen molar-refractivity contribution in [1.29, 1.82) is 0 Å². The zero-order chi connectivity index (χ0) is 14.1. The van der Waals surface area contributed by atoms with Gasteiger partial charge in [-0.25, -0.2) is 0 Å². The van der Waals surface area contributed by atoms with Gasteiger partial charge >= 0.3 is 0 Å². The first kappa shape index (κ1) is 13.4. The Bertz CT molecular complexity index is 639. The number of amides is 1. The molecule has 0 aliphatic heterocycles. The fourth-order valence-corrected chi connectivity index (χ4v) is 2.89. The van der Waals surface area contributed by atoms with Crippen LogP contribution in [0.15, 0.2) is 53.0 Å². The maximum absolute atomic E-state index is 12.3. The number of hydrogen-bond donors (Lipinski definition) is 1. The SMILES string of the molecule is Cc1c(Br)cccc1NC(=O)[C@H]1C[C@@H]1c1ccccc1. The minimum atomic E-state index is 0.107. The highest BCUT2D eigenvalue weighted by Crippen LogP contribution is 2.48. The molecule has 0 bridgehead atoms. The van der Waals surface area contributed by atoms with Crippen LogP contribution in [0.4, 0.5) is 5.69 Å². The third-order valence-electron chi connectivity index (χ3n) is 3.88. The topological polar surface area (TPSA) is 29.1 Å². The predicted octanol–water partition coefficient (Wildman–Crippen LogP) is 4.50. The second kappa shape index (κ2) is 5.41. The molecule has 20 heavy (non-hydrogen) atoms. The van der Waals surface area contributed by atoms with E-state index in [0.29, 0.717) is 5.92 Å². The number of carbonyl (C=O) groups is 1. The van der Waals surface area contributed by atoms with Gasteiger partial charge in [-0.1, -0.05) is 52.3 Å². The molecule has 1 fully saturated rings. The highest BCUT2D eigenvalue weighted by molar-refractivity contribution is 9.10. The Kier molecular flexibility index (Phi) is 3.62. The number of benzene rings is 2.